The molecular formula is C19H22FN3S. The van der Waals surface area contributed by atoms with Gasteiger partial charge in [-0.2, -0.15) is 0 Å². The first kappa shape index (κ1) is 16.7. The molecule has 0 spiro atoms. The molecule has 0 amide bonds. The molecule has 2 N–H and O–H groups in total. The van der Waals surface area contributed by atoms with Gasteiger partial charge in [-0.1, -0.05) is 18.2 Å². The number of halogens is 1. The van der Waals surface area contributed by atoms with Gasteiger partial charge in [0, 0.05) is 24.5 Å². The Bertz CT molecular complexity index is 696. The molecule has 0 saturated carbocycles. The fourth-order valence-corrected chi connectivity index (χ4v) is 3.26. The van der Waals surface area contributed by atoms with Gasteiger partial charge in [-0.15, -0.1) is 0 Å². The summed E-state index contributed by atoms with van der Waals surface area (Å²) in [5.41, 5.74) is 3.09. The third-order valence-electron chi connectivity index (χ3n) is 4.29. The summed E-state index contributed by atoms with van der Waals surface area (Å²) in [6, 6.07) is 14.9. The maximum atomic E-state index is 13.2. The van der Waals surface area contributed by atoms with Gasteiger partial charge in [0.25, 0.3) is 0 Å². The third kappa shape index (κ3) is 4.23. The van der Waals surface area contributed by atoms with Crippen LogP contribution in [-0.2, 0) is 0 Å². The largest absolute Gasteiger partial charge is 0.372 e. The summed E-state index contributed by atoms with van der Waals surface area (Å²) >= 11 is 5.32. The Labute approximate surface area is 147 Å². The molecule has 1 heterocycles. The monoisotopic (exact) mass is 343 g/mol. The molecule has 126 valence electrons. The molecule has 5 heteroatoms. The molecule has 3 rings (SSSR count). The summed E-state index contributed by atoms with van der Waals surface area (Å²) in [5.74, 6) is -0.284. The number of hydrogen-bond acceptors (Lipinski definition) is 2. The van der Waals surface area contributed by atoms with Gasteiger partial charge in [0.1, 0.15) is 5.82 Å². The minimum absolute atomic E-state index is 0.0752. The SMILES string of the molecule is CC(NC(=S)Nc1cccc(F)c1)c1ccc(N2CCCC2)cc1. The van der Waals surface area contributed by atoms with Gasteiger partial charge in [0.2, 0.25) is 0 Å². The van der Waals surface area contributed by atoms with E-state index in [-0.39, 0.29) is 11.9 Å². The Kier molecular flexibility index (Phi) is 5.30. The normalized spacial score (nSPS) is 15.2. The molecule has 0 bridgehead atoms. The average Bonchev–Trinajstić information content (AvgIpc) is 3.09. The summed E-state index contributed by atoms with van der Waals surface area (Å²) in [5, 5.41) is 6.73. The second-order valence-corrected chi connectivity index (χ2v) is 6.52. The highest BCUT2D eigenvalue weighted by Gasteiger charge is 2.13. The predicted molar refractivity (Wildman–Crippen MR) is 102 cm³/mol. The lowest BCUT2D eigenvalue weighted by atomic mass is 10.1. The Morgan fingerprint density at radius 2 is 1.83 bits per heavy atom. The summed E-state index contributed by atoms with van der Waals surface area (Å²) in [7, 11) is 0. The molecular weight excluding hydrogens is 321 g/mol. The van der Waals surface area contributed by atoms with Crippen LogP contribution in [0.5, 0.6) is 0 Å². The molecule has 1 atom stereocenters. The van der Waals surface area contributed by atoms with Crippen LogP contribution in [0.3, 0.4) is 0 Å². The predicted octanol–water partition coefficient (Wildman–Crippen LogP) is 4.47. The van der Waals surface area contributed by atoms with E-state index in [9.17, 15) is 4.39 Å². The van der Waals surface area contributed by atoms with Gasteiger partial charge in [-0.3, -0.25) is 0 Å². The van der Waals surface area contributed by atoms with Crippen LogP contribution in [0.2, 0.25) is 0 Å². The molecule has 0 aromatic heterocycles. The van der Waals surface area contributed by atoms with E-state index in [2.05, 4.69) is 46.7 Å². The number of benzene rings is 2. The fourth-order valence-electron chi connectivity index (χ4n) is 2.96. The van der Waals surface area contributed by atoms with Crippen LogP contribution in [-0.4, -0.2) is 18.2 Å². The standard InChI is InChI=1S/C19H22FN3S/c1-14(21-19(24)22-17-6-4-5-16(20)13-17)15-7-9-18(10-8-15)23-11-2-3-12-23/h4-10,13-14H,2-3,11-12H2,1H3,(H2,21,22,24). The van der Waals surface area contributed by atoms with Crippen LogP contribution < -0.4 is 15.5 Å². The maximum Gasteiger partial charge on any atom is 0.171 e. The lowest BCUT2D eigenvalue weighted by Crippen LogP contribution is -2.30. The highest BCUT2D eigenvalue weighted by molar-refractivity contribution is 7.80. The minimum atomic E-state index is -0.284. The number of rotatable bonds is 4. The van der Waals surface area contributed by atoms with Crippen molar-refractivity contribution in [2.24, 2.45) is 0 Å². The van der Waals surface area contributed by atoms with Gasteiger partial charge in [0.05, 0.1) is 6.04 Å². The van der Waals surface area contributed by atoms with Gasteiger partial charge < -0.3 is 15.5 Å². The quantitative estimate of drug-likeness (QED) is 0.801. The summed E-state index contributed by atoms with van der Waals surface area (Å²) in [6.07, 6.45) is 2.56. The third-order valence-corrected chi connectivity index (χ3v) is 4.51. The lowest BCUT2D eigenvalue weighted by molar-refractivity contribution is 0.628. The van der Waals surface area contributed by atoms with Gasteiger partial charge in [0.15, 0.2) is 5.11 Å². The first-order chi connectivity index (χ1) is 11.6. The Balaban J connectivity index is 1.57. The van der Waals surface area contributed by atoms with Crippen molar-refractivity contribution in [1.82, 2.24) is 5.32 Å². The number of anilines is 2. The highest BCUT2D eigenvalue weighted by atomic mass is 32.1. The van der Waals surface area contributed by atoms with Crippen molar-refractivity contribution in [1.29, 1.82) is 0 Å². The van der Waals surface area contributed by atoms with Crippen molar-refractivity contribution in [2.45, 2.75) is 25.8 Å². The highest BCUT2D eigenvalue weighted by Crippen LogP contribution is 2.22. The van der Waals surface area contributed by atoms with Gasteiger partial charge in [-0.05, 0) is 67.9 Å². The molecule has 24 heavy (non-hydrogen) atoms. The topological polar surface area (TPSA) is 27.3 Å². The molecule has 1 aliphatic rings. The molecule has 1 saturated heterocycles. The van der Waals surface area contributed by atoms with Crippen LogP contribution in [0, 0.1) is 5.82 Å². The molecule has 3 nitrogen and oxygen atoms in total. The molecule has 1 unspecified atom stereocenters. The first-order valence-corrected chi connectivity index (χ1v) is 8.70. The first-order valence-electron chi connectivity index (χ1n) is 8.30. The van der Waals surface area contributed by atoms with E-state index in [1.807, 2.05) is 0 Å². The minimum Gasteiger partial charge on any atom is -0.372 e. The molecule has 0 aliphatic carbocycles. The van der Waals surface area contributed by atoms with Crippen molar-refractivity contribution in [3.05, 3.63) is 59.9 Å². The lowest BCUT2D eigenvalue weighted by Gasteiger charge is -2.20. The Hall–Kier alpha value is -2.14. The summed E-state index contributed by atoms with van der Waals surface area (Å²) in [6.45, 7) is 4.36. The van der Waals surface area contributed by atoms with Crippen molar-refractivity contribution in [3.63, 3.8) is 0 Å². The van der Waals surface area contributed by atoms with Crippen molar-refractivity contribution in [2.75, 3.05) is 23.3 Å². The van der Waals surface area contributed by atoms with Crippen LogP contribution in [0.25, 0.3) is 0 Å². The van der Waals surface area contributed by atoms with E-state index in [0.717, 1.165) is 13.1 Å². The second-order valence-electron chi connectivity index (χ2n) is 6.12. The van der Waals surface area contributed by atoms with Crippen LogP contribution >= 0.6 is 12.2 Å². The van der Waals surface area contributed by atoms with Crippen LogP contribution in [0.15, 0.2) is 48.5 Å². The zero-order valence-corrected chi connectivity index (χ0v) is 14.6. The summed E-state index contributed by atoms with van der Waals surface area (Å²) < 4.78 is 13.2. The van der Waals surface area contributed by atoms with Crippen LogP contribution in [0.1, 0.15) is 31.4 Å². The molecule has 1 fully saturated rings. The van der Waals surface area contributed by atoms with E-state index in [0.29, 0.717) is 10.8 Å². The van der Waals surface area contributed by atoms with Gasteiger partial charge >= 0.3 is 0 Å². The Morgan fingerprint density at radius 1 is 1.12 bits per heavy atom. The maximum absolute atomic E-state index is 13.2. The van der Waals surface area contributed by atoms with E-state index < -0.39 is 0 Å². The molecule has 2 aromatic rings. The van der Waals surface area contributed by atoms with E-state index in [1.54, 1.807) is 12.1 Å². The second kappa shape index (κ2) is 7.62. The van der Waals surface area contributed by atoms with E-state index in [1.165, 1.54) is 36.2 Å². The number of hydrogen-bond donors (Lipinski definition) is 2. The number of nitrogens with zero attached hydrogens (tertiary/aromatic N) is 1. The summed E-state index contributed by atoms with van der Waals surface area (Å²) in [4.78, 5) is 2.41. The number of nitrogens with one attached hydrogen (secondary N) is 2. The zero-order valence-electron chi connectivity index (χ0n) is 13.8. The molecule has 0 radical (unpaired) electrons. The zero-order chi connectivity index (χ0) is 16.9. The van der Waals surface area contributed by atoms with Crippen molar-refractivity contribution in [3.8, 4) is 0 Å². The van der Waals surface area contributed by atoms with Crippen molar-refractivity contribution >= 4 is 28.7 Å². The van der Waals surface area contributed by atoms with Crippen molar-refractivity contribution < 1.29 is 4.39 Å². The van der Waals surface area contributed by atoms with E-state index >= 15 is 0 Å². The average molecular weight is 343 g/mol. The molecule has 2 aromatic carbocycles. The fraction of sp³-hybridized carbons (Fsp3) is 0.316. The number of thiocarbonyl (C=S) groups is 1. The smallest absolute Gasteiger partial charge is 0.171 e. The van der Waals surface area contributed by atoms with E-state index in [4.69, 9.17) is 12.2 Å². The van der Waals surface area contributed by atoms with Gasteiger partial charge in [-0.25, -0.2) is 4.39 Å². The van der Waals surface area contributed by atoms with Crippen LogP contribution in [0.4, 0.5) is 15.8 Å². The Morgan fingerprint density at radius 3 is 2.50 bits per heavy atom. The molecule has 1 aliphatic heterocycles.